The van der Waals surface area contributed by atoms with Gasteiger partial charge in [-0.1, -0.05) is 48.5 Å². The Morgan fingerprint density at radius 2 is 1.75 bits per heavy atom. The van der Waals surface area contributed by atoms with Gasteiger partial charge in [-0.25, -0.2) is 14.6 Å². The van der Waals surface area contributed by atoms with Gasteiger partial charge < -0.3 is 10.1 Å². The Morgan fingerprint density at radius 1 is 1.00 bits per heavy atom. The number of benzene rings is 2. The lowest BCUT2D eigenvalue weighted by atomic mass is 10.1. The van der Waals surface area contributed by atoms with Gasteiger partial charge in [-0.15, -0.1) is 0 Å². The van der Waals surface area contributed by atoms with E-state index >= 15 is 0 Å². The van der Waals surface area contributed by atoms with E-state index < -0.39 is 0 Å². The summed E-state index contributed by atoms with van der Waals surface area (Å²) in [6.45, 7) is 5.45. The third-order valence-corrected chi connectivity index (χ3v) is 5.78. The van der Waals surface area contributed by atoms with Crippen molar-refractivity contribution in [3.8, 4) is 22.9 Å². The molecule has 2 aromatic heterocycles. The first kappa shape index (κ1) is 20.1. The zero-order valence-electron chi connectivity index (χ0n) is 18.2. The minimum atomic E-state index is -0.133. The van der Waals surface area contributed by atoms with E-state index in [0.29, 0.717) is 35.4 Å². The van der Waals surface area contributed by atoms with Crippen LogP contribution in [0.2, 0.25) is 0 Å². The molecule has 7 heteroatoms. The van der Waals surface area contributed by atoms with Gasteiger partial charge in [0.15, 0.2) is 0 Å². The molecule has 1 atom stereocenters. The summed E-state index contributed by atoms with van der Waals surface area (Å²) in [6, 6.07) is 19.7. The molecule has 3 heterocycles. The van der Waals surface area contributed by atoms with Crippen LogP contribution in [-0.4, -0.2) is 19.3 Å². The number of aryl methyl sites for hydroxylation is 1. The fourth-order valence-electron chi connectivity index (χ4n) is 4.09. The van der Waals surface area contributed by atoms with E-state index in [1.165, 1.54) is 0 Å². The highest BCUT2D eigenvalue weighted by Gasteiger charge is 2.27. The first-order valence-electron chi connectivity index (χ1n) is 10.8. The summed E-state index contributed by atoms with van der Waals surface area (Å²) >= 11 is 0. The number of ether oxygens (including phenoxy) is 1. The Balaban J connectivity index is 1.54. The molecule has 0 fully saturated rings. The van der Waals surface area contributed by atoms with Gasteiger partial charge in [0.1, 0.15) is 11.4 Å². The number of nitrogens with zero attached hydrogens (tertiary/aromatic N) is 4. The van der Waals surface area contributed by atoms with Crippen LogP contribution >= 0.6 is 0 Å². The first-order valence-corrected chi connectivity index (χ1v) is 10.8. The number of anilines is 1. The van der Waals surface area contributed by atoms with Crippen molar-refractivity contribution in [3.63, 3.8) is 0 Å². The lowest BCUT2D eigenvalue weighted by molar-refractivity contribution is 0.472. The maximum absolute atomic E-state index is 13.2. The number of aromatic nitrogens is 4. The molecule has 0 amide bonds. The summed E-state index contributed by atoms with van der Waals surface area (Å²) in [4.78, 5) is 22.3. The van der Waals surface area contributed by atoms with Gasteiger partial charge in [0.05, 0.1) is 11.7 Å². The molecular weight excluding hydrogens is 402 g/mol. The molecule has 0 saturated heterocycles. The molecule has 162 valence electrons. The van der Waals surface area contributed by atoms with Gasteiger partial charge in [-0.2, -0.15) is 0 Å². The van der Waals surface area contributed by atoms with Crippen LogP contribution in [0.5, 0.6) is 11.5 Å². The van der Waals surface area contributed by atoms with Crippen molar-refractivity contribution in [1.29, 1.82) is 0 Å². The quantitative estimate of drug-likeness (QED) is 0.479. The highest BCUT2D eigenvalue weighted by atomic mass is 16.5. The van der Waals surface area contributed by atoms with Crippen molar-refractivity contribution in [3.05, 3.63) is 88.3 Å². The zero-order valence-corrected chi connectivity index (χ0v) is 18.2. The van der Waals surface area contributed by atoms with E-state index in [9.17, 15) is 4.79 Å². The molecule has 1 N–H and O–H groups in total. The number of nitrogens with one attached hydrogen (secondary N) is 1. The molecule has 5 rings (SSSR count). The normalized spacial score (nSPS) is 13.6. The standard InChI is InChI=1S/C25H25N5O2/c1-17-9-6-7-12-21(17)32-23-22(29-15-8-16-30(29)24(23)31)20-13-14-26-25(28-20)27-18(2)19-10-4-3-5-11-19/h3-7,9-14,18H,8,15-16H2,1-2H3,(H,26,27,28). The van der Waals surface area contributed by atoms with Crippen LogP contribution in [0, 0.1) is 6.92 Å². The van der Waals surface area contributed by atoms with Gasteiger partial charge in [-0.05, 0) is 43.5 Å². The SMILES string of the molecule is Cc1ccccc1Oc1c(-c2ccnc(NC(C)c3ccccc3)n2)n2n(c1=O)CCC2. The molecule has 1 aliphatic rings. The second-order valence-electron chi connectivity index (χ2n) is 7.99. The monoisotopic (exact) mass is 427 g/mol. The molecule has 4 aromatic rings. The van der Waals surface area contributed by atoms with E-state index in [-0.39, 0.29) is 11.6 Å². The lowest BCUT2D eigenvalue weighted by Crippen LogP contribution is -2.17. The van der Waals surface area contributed by atoms with Crippen molar-refractivity contribution < 1.29 is 4.74 Å². The third-order valence-electron chi connectivity index (χ3n) is 5.78. The molecule has 7 nitrogen and oxygen atoms in total. The van der Waals surface area contributed by atoms with Crippen molar-refractivity contribution in [1.82, 2.24) is 19.3 Å². The number of para-hydroxylation sites is 1. The molecule has 0 bridgehead atoms. The van der Waals surface area contributed by atoms with Crippen LogP contribution in [0.4, 0.5) is 5.95 Å². The van der Waals surface area contributed by atoms with E-state index in [1.807, 2.05) is 60.1 Å². The molecule has 0 spiro atoms. The van der Waals surface area contributed by atoms with Gasteiger partial charge >= 0.3 is 5.56 Å². The number of hydrogen-bond acceptors (Lipinski definition) is 5. The summed E-state index contributed by atoms with van der Waals surface area (Å²) in [7, 11) is 0. The second-order valence-corrected chi connectivity index (χ2v) is 7.99. The molecule has 0 saturated carbocycles. The average molecular weight is 428 g/mol. The van der Waals surface area contributed by atoms with Gasteiger partial charge in [0.2, 0.25) is 11.7 Å². The van der Waals surface area contributed by atoms with Gasteiger partial charge in [0, 0.05) is 19.3 Å². The largest absolute Gasteiger partial charge is 0.449 e. The number of hydrogen-bond donors (Lipinski definition) is 1. The molecule has 32 heavy (non-hydrogen) atoms. The molecular formula is C25H25N5O2. The number of fused-ring (bicyclic) bond motifs is 1. The predicted molar refractivity (Wildman–Crippen MR) is 124 cm³/mol. The van der Waals surface area contributed by atoms with Crippen molar-refractivity contribution in [2.75, 3.05) is 5.32 Å². The van der Waals surface area contributed by atoms with Crippen LogP contribution < -0.4 is 15.6 Å². The summed E-state index contributed by atoms with van der Waals surface area (Å²) in [5.41, 5.74) is 3.33. The number of rotatable bonds is 6. The molecule has 0 aliphatic carbocycles. The third kappa shape index (κ3) is 3.66. The van der Waals surface area contributed by atoms with Crippen LogP contribution in [-0.2, 0) is 13.1 Å². The van der Waals surface area contributed by atoms with Crippen LogP contribution in [0.15, 0.2) is 71.7 Å². The minimum absolute atomic E-state index is 0.0385. The summed E-state index contributed by atoms with van der Waals surface area (Å²) < 4.78 is 9.89. The van der Waals surface area contributed by atoms with Crippen molar-refractivity contribution in [2.24, 2.45) is 0 Å². The van der Waals surface area contributed by atoms with Gasteiger partial charge in [0.25, 0.3) is 0 Å². The van der Waals surface area contributed by atoms with E-state index in [2.05, 4.69) is 29.4 Å². The van der Waals surface area contributed by atoms with Crippen molar-refractivity contribution in [2.45, 2.75) is 39.4 Å². The van der Waals surface area contributed by atoms with Crippen LogP contribution in [0.3, 0.4) is 0 Å². The fraction of sp³-hybridized carbons (Fsp3) is 0.240. The predicted octanol–water partition coefficient (Wildman–Crippen LogP) is 4.78. The Morgan fingerprint density at radius 3 is 2.56 bits per heavy atom. The second kappa shape index (κ2) is 8.34. The Labute approximate surface area is 186 Å². The smallest absolute Gasteiger partial charge is 0.310 e. The zero-order chi connectivity index (χ0) is 22.1. The Bertz CT molecular complexity index is 1310. The van der Waals surface area contributed by atoms with Crippen LogP contribution in [0.1, 0.15) is 30.5 Å². The summed E-state index contributed by atoms with van der Waals surface area (Å²) in [5, 5.41) is 3.36. The highest BCUT2D eigenvalue weighted by Crippen LogP contribution is 2.34. The molecule has 1 aliphatic heterocycles. The average Bonchev–Trinajstić information content (AvgIpc) is 3.38. The maximum atomic E-state index is 13.2. The summed E-state index contributed by atoms with van der Waals surface area (Å²) in [5.74, 6) is 1.48. The fourth-order valence-corrected chi connectivity index (χ4v) is 4.09. The molecule has 1 unspecified atom stereocenters. The van der Waals surface area contributed by atoms with E-state index in [1.54, 1.807) is 10.9 Å². The lowest BCUT2D eigenvalue weighted by Gasteiger charge is -2.15. The Kier molecular flexibility index (Phi) is 5.23. The maximum Gasteiger partial charge on any atom is 0.310 e. The van der Waals surface area contributed by atoms with E-state index in [0.717, 1.165) is 24.1 Å². The van der Waals surface area contributed by atoms with Crippen LogP contribution in [0.25, 0.3) is 11.4 Å². The molecule has 0 radical (unpaired) electrons. The van der Waals surface area contributed by atoms with Crippen molar-refractivity contribution >= 4 is 5.95 Å². The summed E-state index contributed by atoms with van der Waals surface area (Å²) in [6.07, 6.45) is 2.62. The van der Waals surface area contributed by atoms with Gasteiger partial charge in [-0.3, -0.25) is 9.48 Å². The molecule has 2 aromatic carbocycles. The first-order chi connectivity index (χ1) is 15.6. The van der Waals surface area contributed by atoms with E-state index in [4.69, 9.17) is 9.72 Å². The minimum Gasteiger partial charge on any atom is -0.449 e. The highest BCUT2D eigenvalue weighted by molar-refractivity contribution is 5.65. The topological polar surface area (TPSA) is 74.0 Å². The Hall–Kier alpha value is -3.87.